The number of amides is 1. The summed E-state index contributed by atoms with van der Waals surface area (Å²) in [7, 11) is 0. The summed E-state index contributed by atoms with van der Waals surface area (Å²) >= 11 is 0. The second-order valence-corrected chi connectivity index (χ2v) is 6.70. The molecule has 1 aromatic rings. The Hall–Kier alpha value is -1.35. The quantitative estimate of drug-likeness (QED) is 0.882. The molecule has 1 aliphatic rings. The van der Waals surface area contributed by atoms with Crippen LogP contribution in [0, 0.1) is 12.3 Å². The zero-order chi connectivity index (χ0) is 14.6. The lowest BCUT2D eigenvalue weighted by atomic mass is 9.75. The molecule has 0 aliphatic heterocycles. The van der Waals surface area contributed by atoms with Crippen LogP contribution in [-0.2, 0) is 4.79 Å². The van der Waals surface area contributed by atoms with Crippen LogP contribution in [0.2, 0.25) is 0 Å². The van der Waals surface area contributed by atoms with E-state index in [0.717, 1.165) is 17.7 Å². The Morgan fingerprint density at radius 3 is 2.80 bits per heavy atom. The van der Waals surface area contributed by atoms with E-state index < -0.39 is 0 Å². The van der Waals surface area contributed by atoms with Gasteiger partial charge in [-0.3, -0.25) is 4.79 Å². The molecular formula is C17H26N2O. The van der Waals surface area contributed by atoms with Crippen LogP contribution in [-0.4, -0.2) is 18.5 Å². The molecule has 1 fully saturated rings. The zero-order valence-electron chi connectivity index (χ0n) is 12.8. The van der Waals surface area contributed by atoms with Gasteiger partial charge in [0.25, 0.3) is 0 Å². The molecule has 1 unspecified atom stereocenters. The first-order chi connectivity index (χ1) is 9.46. The first kappa shape index (κ1) is 15.0. The Labute approximate surface area is 122 Å². The molecule has 1 amide bonds. The average molecular weight is 274 g/mol. The van der Waals surface area contributed by atoms with Gasteiger partial charge in [-0.15, -0.1) is 0 Å². The van der Waals surface area contributed by atoms with Crippen LogP contribution in [0.15, 0.2) is 24.3 Å². The molecule has 0 heterocycles. The number of rotatable bonds is 4. The molecule has 0 radical (unpaired) electrons. The molecule has 3 heteroatoms. The topological polar surface area (TPSA) is 41.1 Å². The molecule has 1 aliphatic carbocycles. The number of hydrogen-bond donors (Lipinski definition) is 2. The smallest absolute Gasteiger partial charge is 0.238 e. The van der Waals surface area contributed by atoms with Gasteiger partial charge in [-0.25, -0.2) is 0 Å². The highest BCUT2D eigenvalue weighted by Crippen LogP contribution is 2.34. The number of benzene rings is 1. The van der Waals surface area contributed by atoms with E-state index in [2.05, 4.69) is 24.5 Å². The van der Waals surface area contributed by atoms with Crippen molar-refractivity contribution in [3.63, 3.8) is 0 Å². The molecule has 0 saturated heterocycles. The van der Waals surface area contributed by atoms with Crippen LogP contribution in [0.4, 0.5) is 5.69 Å². The molecule has 2 N–H and O–H groups in total. The van der Waals surface area contributed by atoms with Crippen molar-refractivity contribution >= 4 is 11.6 Å². The summed E-state index contributed by atoms with van der Waals surface area (Å²) in [4.78, 5) is 12.0. The monoisotopic (exact) mass is 274 g/mol. The molecule has 3 nitrogen and oxygen atoms in total. The summed E-state index contributed by atoms with van der Waals surface area (Å²) in [5.74, 6) is 0.0441. The van der Waals surface area contributed by atoms with E-state index in [-0.39, 0.29) is 5.91 Å². The standard InChI is InChI=1S/C17H26N2O/c1-13-7-4-5-9-15(13)19-16(20)12-18-14-8-6-10-17(2,3)11-14/h4-5,7,9,14,18H,6,8,10-12H2,1-3H3,(H,19,20). The molecule has 1 atom stereocenters. The number of carbonyl (C=O) groups is 1. The minimum atomic E-state index is 0.0441. The van der Waals surface area contributed by atoms with Crippen molar-refractivity contribution in [2.75, 3.05) is 11.9 Å². The third-order valence-corrected chi connectivity index (χ3v) is 4.18. The van der Waals surface area contributed by atoms with Crippen molar-refractivity contribution in [2.45, 2.75) is 52.5 Å². The van der Waals surface area contributed by atoms with Gasteiger partial charge in [-0.05, 0) is 43.2 Å². The highest BCUT2D eigenvalue weighted by Gasteiger charge is 2.27. The largest absolute Gasteiger partial charge is 0.325 e. The maximum absolute atomic E-state index is 12.0. The highest BCUT2D eigenvalue weighted by atomic mass is 16.1. The van der Waals surface area contributed by atoms with Gasteiger partial charge >= 0.3 is 0 Å². The number of carbonyl (C=O) groups excluding carboxylic acids is 1. The van der Waals surface area contributed by atoms with Crippen molar-refractivity contribution in [1.82, 2.24) is 5.32 Å². The Morgan fingerprint density at radius 1 is 1.35 bits per heavy atom. The Morgan fingerprint density at radius 2 is 2.10 bits per heavy atom. The highest BCUT2D eigenvalue weighted by molar-refractivity contribution is 5.92. The van der Waals surface area contributed by atoms with Crippen molar-refractivity contribution in [3.05, 3.63) is 29.8 Å². The van der Waals surface area contributed by atoms with E-state index in [4.69, 9.17) is 0 Å². The fourth-order valence-electron chi connectivity index (χ4n) is 3.02. The van der Waals surface area contributed by atoms with Gasteiger partial charge in [0.1, 0.15) is 0 Å². The van der Waals surface area contributed by atoms with Gasteiger partial charge in [-0.1, -0.05) is 38.5 Å². The number of anilines is 1. The molecular weight excluding hydrogens is 248 g/mol. The average Bonchev–Trinajstić information content (AvgIpc) is 2.38. The number of nitrogens with one attached hydrogen (secondary N) is 2. The lowest BCUT2D eigenvalue weighted by Gasteiger charge is -2.35. The third-order valence-electron chi connectivity index (χ3n) is 4.18. The molecule has 110 valence electrons. The van der Waals surface area contributed by atoms with Gasteiger partial charge in [0.15, 0.2) is 0 Å². The SMILES string of the molecule is Cc1ccccc1NC(=O)CNC1CCCC(C)(C)C1. The van der Waals surface area contributed by atoms with E-state index in [1.807, 2.05) is 31.2 Å². The first-order valence-corrected chi connectivity index (χ1v) is 7.55. The van der Waals surface area contributed by atoms with Crippen LogP contribution < -0.4 is 10.6 Å². The maximum Gasteiger partial charge on any atom is 0.238 e. The second-order valence-electron chi connectivity index (χ2n) is 6.70. The number of aryl methyl sites for hydroxylation is 1. The Balaban J connectivity index is 1.79. The lowest BCUT2D eigenvalue weighted by Crippen LogP contribution is -2.41. The minimum absolute atomic E-state index is 0.0441. The summed E-state index contributed by atoms with van der Waals surface area (Å²) < 4.78 is 0. The van der Waals surface area contributed by atoms with Crippen LogP contribution in [0.25, 0.3) is 0 Å². The van der Waals surface area contributed by atoms with E-state index in [1.165, 1.54) is 19.3 Å². The maximum atomic E-state index is 12.0. The normalized spacial score (nSPS) is 21.4. The zero-order valence-corrected chi connectivity index (χ0v) is 12.8. The predicted octanol–water partition coefficient (Wildman–Crippen LogP) is 3.49. The van der Waals surface area contributed by atoms with Gasteiger partial charge in [-0.2, -0.15) is 0 Å². The van der Waals surface area contributed by atoms with Gasteiger partial charge < -0.3 is 10.6 Å². The fourth-order valence-corrected chi connectivity index (χ4v) is 3.02. The van der Waals surface area contributed by atoms with Crippen molar-refractivity contribution in [1.29, 1.82) is 0 Å². The number of para-hydroxylation sites is 1. The fraction of sp³-hybridized carbons (Fsp3) is 0.588. The molecule has 0 aromatic heterocycles. The Kier molecular flexibility index (Phi) is 4.81. The van der Waals surface area contributed by atoms with Gasteiger partial charge in [0.05, 0.1) is 6.54 Å². The number of hydrogen-bond acceptors (Lipinski definition) is 2. The van der Waals surface area contributed by atoms with Crippen LogP contribution in [0.3, 0.4) is 0 Å². The van der Waals surface area contributed by atoms with E-state index in [1.54, 1.807) is 0 Å². The van der Waals surface area contributed by atoms with Crippen molar-refractivity contribution in [2.24, 2.45) is 5.41 Å². The molecule has 0 spiro atoms. The summed E-state index contributed by atoms with van der Waals surface area (Å²) in [5.41, 5.74) is 2.41. The molecule has 1 saturated carbocycles. The molecule has 2 rings (SSSR count). The van der Waals surface area contributed by atoms with Crippen molar-refractivity contribution < 1.29 is 4.79 Å². The molecule has 0 bridgehead atoms. The van der Waals surface area contributed by atoms with Crippen LogP contribution >= 0.6 is 0 Å². The summed E-state index contributed by atoms with van der Waals surface area (Å²) in [6, 6.07) is 8.35. The molecule has 1 aromatic carbocycles. The lowest BCUT2D eigenvalue weighted by molar-refractivity contribution is -0.115. The summed E-state index contributed by atoms with van der Waals surface area (Å²) in [6.07, 6.45) is 4.89. The van der Waals surface area contributed by atoms with Crippen LogP contribution in [0.1, 0.15) is 45.1 Å². The predicted molar refractivity (Wildman–Crippen MR) is 83.8 cm³/mol. The molecule has 20 heavy (non-hydrogen) atoms. The minimum Gasteiger partial charge on any atom is -0.325 e. The third kappa shape index (κ3) is 4.34. The van der Waals surface area contributed by atoms with E-state index in [9.17, 15) is 4.79 Å². The van der Waals surface area contributed by atoms with Gasteiger partial charge in [0, 0.05) is 11.7 Å². The first-order valence-electron chi connectivity index (χ1n) is 7.55. The summed E-state index contributed by atoms with van der Waals surface area (Å²) in [5, 5.41) is 6.37. The van der Waals surface area contributed by atoms with Crippen molar-refractivity contribution in [3.8, 4) is 0 Å². The van der Waals surface area contributed by atoms with E-state index >= 15 is 0 Å². The van der Waals surface area contributed by atoms with Gasteiger partial charge in [0.2, 0.25) is 5.91 Å². The Bertz CT molecular complexity index is 468. The summed E-state index contributed by atoms with van der Waals surface area (Å²) in [6.45, 7) is 7.03. The second kappa shape index (κ2) is 6.40. The van der Waals surface area contributed by atoms with E-state index in [0.29, 0.717) is 18.0 Å². The van der Waals surface area contributed by atoms with Crippen LogP contribution in [0.5, 0.6) is 0 Å².